The molecule has 9 aromatic carbocycles. The lowest BCUT2D eigenvalue weighted by Gasteiger charge is -2.45. The third-order valence-corrected chi connectivity index (χ3v) is 12.3. The molecule has 1 aliphatic carbocycles. The summed E-state index contributed by atoms with van der Waals surface area (Å²) in [6, 6.07) is 76.9. The molecule has 58 heavy (non-hydrogen) atoms. The van der Waals surface area contributed by atoms with E-state index >= 15 is 0 Å². The highest BCUT2D eigenvalue weighted by molar-refractivity contribution is 6.04. The lowest BCUT2D eigenvalue weighted by atomic mass is 9.64. The summed E-state index contributed by atoms with van der Waals surface area (Å²) in [6.07, 6.45) is 0. The van der Waals surface area contributed by atoms with Crippen LogP contribution in [0.2, 0.25) is 0 Å². The predicted molar refractivity (Wildman–Crippen MR) is 239 cm³/mol. The van der Waals surface area contributed by atoms with Crippen LogP contribution in [-0.4, -0.2) is 9.97 Å². The molecule has 0 amide bonds. The van der Waals surface area contributed by atoms with Crippen LogP contribution in [-0.2, 0) is 5.41 Å². The fraction of sp³-hybridized carbons (Fsp3) is 0.0182. The van der Waals surface area contributed by atoms with Crippen molar-refractivity contribution >= 4 is 38.7 Å². The highest BCUT2D eigenvalue weighted by Crippen LogP contribution is 2.63. The second kappa shape index (κ2) is 12.7. The van der Waals surface area contributed by atoms with Gasteiger partial charge in [0.1, 0.15) is 0 Å². The summed E-state index contributed by atoms with van der Waals surface area (Å²) in [4.78, 5) is 13.0. The molecule has 10 aromatic rings. The molecule has 3 heteroatoms. The molecule has 1 spiro atoms. The molecule has 0 radical (unpaired) electrons. The summed E-state index contributed by atoms with van der Waals surface area (Å²) >= 11 is 0. The summed E-state index contributed by atoms with van der Waals surface area (Å²) in [6.45, 7) is 0. The van der Waals surface area contributed by atoms with Crippen molar-refractivity contribution in [3.8, 4) is 44.9 Å². The van der Waals surface area contributed by atoms with Gasteiger partial charge in [0, 0.05) is 22.2 Å². The van der Waals surface area contributed by atoms with E-state index in [1.165, 1.54) is 55.5 Å². The van der Waals surface area contributed by atoms with Crippen molar-refractivity contribution in [2.75, 3.05) is 4.90 Å². The van der Waals surface area contributed by atoms with Crippen molar-refractivity contribution in [1.82, 2.24) is 9.97 Å². The highest BCUT2D eigenvalue weighted by atomic mass is 15.2. The smallest absolute Gasteiger partial charge is 0.160 e. The average molecular weight is 738 g/mol. The van der Waals surface area contributed by atoms with Crippen LogP contribution in [0.25, 0.3) is 66.6 Å². The first kappa shape index (κ1) is 32.6. The van der Waals surface area contributed by atoms with E-state index in [1.54, 1.807) is 0 Å². The normalized spacial score (nSPS) is 13.3. The largest absolute Gasteiger partial charge is 0.310 e. The molecule has 0 fully saturated rings. The minimum atomic E-state index is -0.521. The highest BCUT2D eigenvalue weighted by Gasteiger charge is 2.51. The van der Waals surface area contributed by atoms with E-state index in [4.69, 9.17) is 9.97 Å². The van der Waals surface area contributed by atoms with Crippen molar-refractivity contribution < 1.29 is 0 Å². The lowest BCUT2D eigenvalue weighted by Crippen LogP contribution is -2.36. The van der Waals surface area contributed by atoms with E-state index in [2.05, 4.69) is 217 Å². The molecule has 0 unspecified atom stereocenters. The van der Waals surface area contributed by atoms with Gasteiger partial charge in [-0.05, 0) is 97.7 Å². The Bertz CT molecular complexity index is 3210. The van der Waals surface area contributed by atoms with Gasteiger partial charge in [0.15, 0.2) is 5.82 Å². The van der Waals surface area contributed by atoms with Gasteiger partial charge in [0.25, 0.3) is 0 Å². The first-order valence-corrected chi connectivity index (χ1v) is 19.9. The van der Waals surface area contributed by atoms with E-state index in [-0.39, 0.29) is 0 Å². The van der Waals surface area contributed by atoms with Crippen molar-refractivity contribution in [2.24, 2.45) is 0 Å². The second-order valence-corrected chi connectivity index (χ2v) is 15.3. The quantitative estimate of drug-likeness (QED) is 0.180. The molecular formula is C55H35N3. The second-order valence-electron chi connectivity index (χ2n) is 15.3. The number of hydrogen-bond acceptors (Lipinski definition) is 3. The molecule has 1 aliphatic heterocycles. The molecule has 1 aromatic heterocycles. The Balaban J connectivity index is 1.08. The van der Waals surface area contributed by atoms with Gasteiger partial charge < -0.3 is 4.90 Å². The van der Waals surface area contributed by atoms with Crippen LogP contribution >= 0.6 is 0 Å². The maximum Gasteiger partial charge on any atom is 0.160 e. The van der Waals surface area contributed by atoms with E-state index in [9.17, 15) is 0 Å². The molecule has 0 saturated heterocycles. The number of benzene rings is 9. The van der Waals surface area contributed by atoms with E-state index in [0.717, 1.165) is 44.5 Å². The molecule has 12 rings (SSSR count). The molecule has 0 N–H and O–H groups in total. The van der Waals surface area contributed by atoms with Crippen LogP contribution < -0.4 is 4.90 Å². The monoisotopic (exact) mass is 737 g/mol. The van der Waals surface area contributed by atoms with Crippen LogP contribution in [0.3, 0.4) is 0 Å². The Morgan fingerprint density at radius 3 is 1.78 bits per heavy atom. The van der Waals surface area contributed by atoms with Gasteiger partial charge in [-0.15, -0.1) is 0 Å². The number of aromatic nitrogens is 2. The van der Waals surface area contributed by atoms with Gasteiger partial charge in [0.2, 0.25) is 0 Å². The zero-order chi connectivity index (χ0) is 38.2. The number of rotatable bonds is 4. The molecule has 0 atom stereocenters. The zero-order valence-electron chi connectivity index (χ0n) is 31.5. The van der Waals surface area contributed by atoms with Crippen molar-refractivity contribution in [3.05, 3.63) is 235 Å². The Morgan fingerprint density at radius 1 is 0.362 bits per heavy atom. The fourth-order valence-electron chi connectivity index (χ4n) is 9.82. The molecule has 2 heterocycles. The maximum absolute atomic E-state index is 5.36. The number of anilines is 3. The number of nitrogens with zero attached hydrogens (tertiary/aromatic N) is 3. The predicted octanol–water partition coefficient (Wildman–Crippen LogP) is 13.9. The molecular weight excluding hydrogens is 703 g/mol. The Morgan fingerprint density at radius 2 is 0.948 bits per heavy atom. The maximum atomic E-state index is 5.36. The van der Waals surface area contributed by atoms with E-state index in [0.29, 0.717) is 5.82 Å². The molecule has 0 bridgehead atoms. The van der Waals surface area contributed by atoms with Crippen LogP contribution in [0.5, 0.6) is 0 Å². The minimum Gasteiger partial charge on any atom is -0.310 e. The molecule has 2 aliphatic rings. The molecule has 0 saturated carbocycles. The van der Waals surface area contributed by atoms with E-state index in [1.807, 2.05) is 0 Å². The minimum absolute atomic E-state index is 0.521. The SMILES string of the molecule is c1ccc(N2c3ccccc3C3(c4ccccc4-c4ccccc43)c3cc(-c4cccc(-c5nc(-c6cccc7ccccc67)c6ccccc6n5)c4)ccc32)cc1. The average Bonchev–Trinajstić information content (AvgIpc) is 3.59. The van der Waals surface area contributed by atoms with Gasteiger partial charge in [-0.3, -0.25) is 0 Å². The first-order chi connectivity index (χ1) is 28.8. The summed E-state index contributed by atoms with van der Waals surface area (Å²) in [5, 5.41) is 3.41. The Kier molecular flexibility index (Phi) is 7.14. The number of hydrogen-bond donors (Lipinski definition) is 0. The van der Waals surface area contributed by atoms with Gasteiger partial charge in [0.05, 0.1) is 28.0 Å². The van der Waals surface area contributed by atoms with Crippen LogP contribution in [0.15, 0.2) is 212 Å². The van der Waals surface area contributed by atoms with Gasteiger partial charge in [-0.2, -0.15) is 0 Å². The number of para-hydroxylation sites is 3. The number of fused-ring (bicyclic) bond motifs is 11. The van der Waals surface area contributed by atoms with Crippen LogP contribution in [0.1, 0.15) is 22.3 Å². The standard InChI is InChI=1S/C55H35N3/c1-2-20-40(21-3-1)58-51-31-13-11-29-48(51)55(46-27-9-6-23-42(46)43-24-7-10-28-47(43)55)49-35-38(32-33-52(49)58)37-18-14-19-39(34-37)54-56-50-30-12-8-25-45(50)53(57-54)44-26-15-17-36-16-4-5-22-41(36)44/h1-35H. The van der Waals surface area contributed by atoms with Crippen LogP contribution in [0.4, 0.5) is 17.1 Å². The zero-order valence-corrected chi connectivity index (χ0v) is 31.5. The summed E-state index contributed by atoms with van der Waals surface area (Å²) < 4.78 is 0. The topological polar surface area (TPSA) is 29.0 Å². The summed E-state index contributed by atoms with van der Waals surface area (Å²) in [5.74, 6) is 0.709. The van der Waals surface area contributed by atoms with Crippen molar-refractivity contribution in [1.29, 1.82) is 0 Å². The molecule has 3 nitrogen and oxygen atoms in total. The van der Waals surface area contributed by atoms with Crippen LogP contribution in [0, 0.1) is 0 Å². The lowest BCUT2D eigenvalue weighted by molar-refractivity contribution is 0.753. The summed E-state index contributed by atoms with van der Waals surface area (Å²) in [5.41, 5.74) is 16.9. The van der Waals surface area contributed by atoms with Gasteiger partial charge >= 0.3 is 0 Å². The van der Waals surface area contributed by atoms with Crippen molar-refractivity contribution in [2.45, 2.75) is 5.41 Å². The van der Waals surface area contributed by atoms with Gasteiger partial charge in [-0.1, -0.05) is 170 Å². The Labute approximate surface area is 337 Å². The third kappa shape index (κ3) is 4.68. The van der Waals surface area contributed by atoms with Gasteiger partial charge in [-0.25, -0.2) is 9.97 Å². The van der Waals surface area contributed by atoms with E-state index < -0.39 is 5.41 Å². The molecule has 270 valence electrons. The fourth-order valence-corrected chi connectivity index (χ4v) is 9.82. The summed E-state index contributed by atoms with van der Waals surface area (Å²) in [7, 11) is 0. The Hall–Kier alpha value is -7.62. The first-order valence-electron chi connectivity index (χ1n) is 19.9. The van der Waals surface area contributed by atoms with Crippen molar-refractivity contribution in [3.63, 3.8) is 0 Å². The third-order valence-electron chi connectivity index (χ3n) is 12.3.